The highest BCUT2D eigenvalue weighted by Crippen LogP contribution is 2.33. The van der Waals surface area contributed by atoms with E-state index >= 15 is 0 Å². The van der Waals surface area contributed by atoms with Crippen LogP contribution in [0, 0.1) is 13.8 Å². The van der Waals surface area contributed by atoms with Gasteiger partial charge in [0.05, 0.1) is 24.3 Å². The number of aryl methyl sites for hydroxylation is 2. The van der Waals surface area contributed by atoms with Gasteiger partial charge < -0.3 is 15.4 Å². The molecule has 2 heterocycles. The molecule has 2 atom stereocenters. The third-order valence-corrected chi connectivity index (χ3v) is 4.78. The predicted octanol–water partition coefficient (Wildman–Crippen LogP) is 2.48. The third kappa shape index (κ3) is 2.77. The van der Waals surface area contributed by atoms with Crippen molar-refractivity contribution in [3.8, 4) is 0 Å². The van der Waals surface area contributed by atoms with Gasteiger partial charge in [-0.1, -0.05) is 25.1 Å². The number of hydrogen-bond acceptors (Lipinski definition) is 4. The molecule has 1 saturated carbocycles. The lowest BCUT2D eigenvalue weighted by Gasteiger charge is -2.45. The SMILES string of the molecule is Cc1cc(C)c(C(N)=S)c(N2CCOC3CCCCC32)n1. The van der Waals surface area contributed by atoms with Crippen molar-refractivity contribution in [2.45, 2.75) is 51.7 Å². The molecule has 0 amide bonds. The molecule has 21 heavy (non-hydrogen) atoms. The summed E-state index contributed by atoms with van der Waals surface area (Å²) < 4.78 is 5.96. The molecule has 4 nitrogen and oxygen atoms in total. The van der Waals surface area contributed by atoms with Crippen LogP contribution in [0.3, 0.4) is 0 Å². The van der Waals surface area contributed by atoms with Gasteiger partial charge in [-0.2, -0.15) is 0 Å². The van der Waals surface area contributed by atoms with Gasteiger partial charge in [-0.05, 0) is 38.3 Å². The average Bonchev–Trinajstić information content (AvgIpc) is 2.45. The number of morpholine rings is 1. The zero-order valence-electron chi connectivity index (χ0n) is 12.8. The molecule has 0 aromatic carbocycles. The van der Waals surface area contributed by atoms with Crippen molar-refractivity contribution in [2.24, 2.45) is 5.73 Å². The number of pyridine rings is 1. The lowest BCUT2D eigenvalue weighted by atomic mass is 9.89. The normalized spacial score (nSPS) is 25.5. The second-order valence-corrected chi connectivity index (χ2v) is 6.54. The van der Waals surface area contributed by atoms with E-state index in [0.29, 0.717) is 17.1 Å². The number of hydrogen-bond donors (Lipinski definition) is 1. The summed E-state index contributed by atoms with van der Waals surface area (Å²) in [5.41, 5.74) is 9.04. The Morgan fingerprint density at radius 1 is 1.38 bits per heavy atom. The minimum absolute atomic E-state index is 0.328. The number of thiocarbonyl (C=S) groups is 1. The van der Waals surface area contributed by atoms with E-state index in [1.54, 1.807) is 0 Å². The topological polar surface area (TPSA) is 51.4 Å². The number of aromatic nitrogens is 1. The first kappa shape index (κ1) is 14.7. The molecule has 5 heteroatoms. The predicted molar refractivity (Wildman–Crippen MR) is 88.9 cm³/mol. The monoisotopic (exact) mass is 305 g/mol. The minimum Gasteiger partial charge on any atom is -0.389 e. The van der Waals surface area contributed by atoms with Crippen molar-refractivity contribution >= 4 is 23.0 Å². The Hall–Kier alpha value is -1.20. The molecule has 2 unspecified atom stereocenters. The molecule has 1 aliphatic heterocycles. The molecule has 1 saturated heterocycles. The van der Waals surface area contributed by atoms with E-state index in [2.05, 4.69) is 17.9 Å². The fraction of sp³-hybridized carbons (Fsp3) is 0.625. The summed E-state index contributed by atoms with van der Waals surface area (Å²) in [5.74, 6) is 0.959. The number of nitrogens with zero attached hydrogens (tertiary/aromatic N) is 2. The second-order valence-electron chi connectivity index (χ2n) is 6.10. The fourth-order valence-electron chi connectivity index (χ4n) is 3.69. The lowest BCUT2D eigenvalue weighted by Crippen LogP contribution is -2.53. The third-order valence-electron chi connectivity index (χ3n) is 4.58. The van der Waals surface area contributed by atoms with Gasteiger partial charge in [-0.25, -0.2) is 4.98 Å². The molecule has 1 aliphatic carbocycles. The van der Waals surface area contributed by atoms with Crippen LogP contribution < -0.4 is 10.6 Å². The number of rotatable bonds is 2. The van der Waals surface area contributed by atoms with E-state index < -0.39 is 0 Å². The van der Waals surface area contributed by atoms with Gasteiger partial charge in [0.25, 0.3) is 0 Å². The molecule has 0 spiro atoms. The van der Waals surface area contributed by atoms with Crippen LogP contribution in [0.1, 0.15) is 42.5 Å². The molecule has 0 radical (unpaired) electrons. The number of fused-ring (bicyclic) bond motifs is 1. The Labute approximate surface area is 131 Å². The molecule has 1 aromatic rings. The highest BCUT2D eigenvalue weighted by Gasteiger charge is 2.36. The molecule has 2 N–H and O–H groups in total. The van der Waals surface area contributed by atoms with E-state index in [1.807, 2.05) is 6.92 Å². The Morgan fingerprint density at radius 2 is 2.14 bits per heavy atom. The van der Waals surface area contributed by atoms with Gasteiger partial charge in [-0.3, -0.25) is 0 Å². The summed E-state index contributed by atoms with van der Waals surface area (Å²) >= 11 is 5.28. The van der Waals surface area contributed by atoms with E-state index in [9.17, 15) is 0 Å². The standard InChI is InChI=1S/C16H23N3OS/c1-10-9-11(2)18-16(14(10)15(17)21)19-7-8-20-13-6-4-3-5-12(13)19/h9,12-13H,3-8H2,1-2H3,(H2,17,21). The smallest absolute Gasteiger partial charge is 0.139 e. The van der Waals surface area contributed by atoms with E-state index in [1.165, 1.54) is 12.8 Å². The van der Waals surface area contributed by atoms with Crippen molar-refractivity contribution in [1.82, 2.24) is 4.98 Å². The van der Waals surface area contributed by atoms with Crippen LogP contribution in [0.2, 0.25) is 0 Å². The molecular weight excluding hydrogens is 282 g/mol. The number of anilines is 1. The van der Waals surface area contributed by atoms with E-state index in [0.717, 1.165) is 48.6 Å². The van der Waals surface area contributed by atoms with Gasteiger partial charge in [0.1, 0.15) is 10.8 Å². The van der Waals surface area contributed by atoms with Crippen LogP contribution >= 0.6 is 12.2 Å². The van der Waals surface area contributed by atoms with Crippen molar-refractivity contribution < 1.29 is 4.74 Å². The van der Waals surface area contributed by atoms with Crippen molar-refractivity contribution in [3.05, 3.63) is 22.9 Å². The van der Waals surface area contributed by atoms with E-state index in [4.69, 9.17) is 27.7 Å². The van der Waals surface area contributed by atoms with Gasteiger partial charge in [0.2, 0.25) is 0 Å². The summed E-state index contributed by atoms with van der Waals surface area (Å²) in [5, 5.41) is 0. The summed E-state index contributed by atoms with van der Waals surface area (Å²) in [6, 6.07) is 2.46. The lowest BCUT2D eigenvalue weighted by molar-refractivity contribution is -0.00901. The van der Waals surface area contributed by atoms with Crippen LogP contribution in [0.5, 0.6) is 0 Å². The van der Waals surface area contributed by atoms with Crippen molar-refractivity contribution in [3.63, 3.8) is 0 Å². The molecule has 0 bridgehead atoms. The Kier molecular flexibility index (Phi) is 4.13. The van der Waals surface area contributed by atoms with Crippen molar-refractivity contribution in [2.75, 3.05) is 18.1 Å². The van der Waals surface area contributed by atoms with Crippen LogP contribution in [-0.4, -0.2) is 35.3 Å². The maximum Gasteiger partial charge on any atom is 0.139 e. The first-order valence-electron chi connectivity index (χ1n) is 7.74. The summed E-state index contributed by atoms with van der Waals surface area (Å²) in [4.78, 5) is 7.60. The van der Waals surface area contributed by atoms with Crippen LogP contribution in [-0.2, 0) is 4.74 Å². The first-order valence-corrected chi connectivity index (χ1v) is 8.15. The maximum atomic E-state index is 5.97. The van der Waals surface area contributed by atoms with Crippen LogP contribution in [0.25, 0.3) is 0 Å². The molecule has 3 rings (SSSR count). The molecule has 2 fully saturated rings. The quantitative estimate of drug-likeness (QED) is 0.851. The second kappa shape index (κ2) is 5.89. The van der Waals surface area contributed by atoms with Gasteiger partial charge >= 0.3 is 0 Å². The van der Waals surface area contributed by atoms with E-state index in [-0.39, 0.29) is 0 Å². The molecule has 2 aliphatic rings. The maximum absolute atomic E-state index is 5.97. The Balaban J connectivity index is 2.04. The molecule has 1 aromatic heterocycles. The Morgan fingerprint density at radius 3 is 2.90 bits per heavy atom. The highest BCUT2D eigenvalue weighted by atomic mass is 32.1. The van der Waals surface area contributed by atoms with Gasteiger partial charge in [0.15, 0.2) is 0 Å². The fourth-order valence-corrected chi connectivity index (χ4v) is 3.94. The van der Waals surface area contributed by atoms with Gasteiger partial charge in [0, 0.05) is 12.2 Å². The van der Waals surface area contributed by atoms with Crippen molar-refractivity contribution in [1.29, 1.82) is 0 Å². The zero-order chi connectivity index (χ0) is 15.0. The molecular formula is C16H23N3OS. The summed E-state index contributed by atoms with van der Waals surface area (Å²) in [7, 11) is 0. The largest absolute Gasteiger partial charge is 0.389 e. The zero-order valence-corrected chi connectivity index (χ0v) is 13.6. The Bertz CT molecular complexity index is 559. The first-order chi connectivity index (χ1) is 10.1. The van der Waals surface area contributed by atoms with Crippen LogP contribution in [0.4, 0.5) is 5.82 Å². The van der Waals surface area contributed by atoms with Crippen LogP contribution in [0.15, 0.2) is 6.07 Å². The average molecular weight is 305 g/mol. The highest BCUT2D eigenvalue weighted by molar-refractivity contribution is 7.80. The number of ether oxygens (including phenoxy) is 1. The van der Waals surface area contributed by atoms with Gasteiger partial charge in [-0.15, -0.1) is 0 Å². The summed E-state index contributed by atoms with van der Waals surface area (Å²) in [6.45, 7) is 5.71. The number of nitrogens with two attached hydrogens (primary N) is 1. The summed E-state index contributed by atoms with van der Waals surface area (Å²) in [6.07, 6.45) is 5.16. The minimum atomic E-state index is 0.328. The molecule has 114 valence electrons.